The van der Waals surface area contributed by atoms with Crippen LogP contribution in [-0.4, -0.2) is 67.2 Å². The fourth-order valence-corrected chi connectivity index (χ4v) is 3.62. The monoisotopic (exact) mass is 395 g/mol. The van der Waals surface area contributed by atoms with E-state index in [1.807, 2.05) is 25.7 Å². The molecule has 1 amide bonds. The second-order valence-electron chi connectivity index (χ2n) is 7.15. The van der Waals surface area contributed by atoms with Gasteiger partial charge in [0, 0.05) is 38.3 Å². The molecule has 0 saturated carbocycles. The van der Waals surface area contributed by atoms with Crippen LogP contribution in [0.2, 0.25) is 0 Å². The molecule has 2 unspecified atom stereocenters. The summed E-state index contributed by atoms with van der Waals surface area (Å²) in [6.07, 6.45) is 2.14. The van der Waals surface area contributed by atoms with Gasteiger partial charge in [0.1, 0.15) is 11.6 Å². The Kier molecular flexibility index (Phi) is 8.54. The van der Waals surface area contributed by atoms with Gasteiger partial charge >= 0.3 is 0 Å². The van der Waals surface area contributed by atoms with Crippen LogP contribution in [0.5, 0.6) is 0 Å². The zero-order chi connectivity index (χ0) is 20.7. The summed E-state index contributed by atoms with van der Waals surface area (Å²) in [7, 11) is 0. The number of hydrogen-bond acceptors (Lipinski definition) is 4. The maximum Gasteiger partial charge on any atom is 0.210 e. The summed E-state index contributed by atoms with van der Waals surface area (Å²) in [5.41, 5.74) is 8.93. The Hall–Kier alpha value is -1.83. The summed E-state index contributed by atoms with van der Waals surface area (Å²) in [6.45, 7) is 10.4. The molecule has 156 valence electrons. The number of halogens is 2. The number of carbonyl (C=O) groups is 1. The fourth-order valence-electron chi connectivity index (χ4n) is 3.62. The Morgan fingerprint density at radius 3 is 1.96 bits per heavy atom. The second-order valence-corrected chi connectivity index (χ2v) is 7.15. The molecule has 3 aliphatic heterocycles. The van der Waals surface area contributed by atoms with Crippen LogP contribution in [0.15, 0.2) is 35.4 Å². The van der Waals surface area contributed by atoms with E-state index in [4.69, 9.17) is 10.5 Å². The minimum Gasteiger partial charge on any atom is -0.375 e. The molecule has 7 heteroatoms. The van der Waals surface area contributed by atoms with E-state index in [2.05, 4.69) is 4.90 Å². The molecule has 1 saturated heterocycles. The predicted octanol–water partition coefficient (Wildman–Crippen LogP) is 2.57. The second kappa shape index (κ2) is 10.6. The first-order valence-corrected chi connectivity index (χ1v) is 9.87. The first-order chi connectivity index (χ1) is 13.5. The van der Waals surface area contributed by atoms with Gasteiger partial charge < -0.3 is 15.4 Å². The van der Waals surface area contributed by atoms with E-state index in [0.717, 1.165) is 69.9 Å². The number of amides is 1. The minimum atomic E-state index is -0.411. The molecule has 1 aromatic rings. The van der Waals surface area contributed by atoms with Gasteiger partial charge in [-0.05, 0) is 48.8 Å². The highest BCUT2D eigenvalue weighted by Crippen LogP contribution is 2.28. The molecule has 0 bridgehead atoms. The molecule has 0 aliphatic carbocycles. The average Bonchev–Trinajstić information content (AvgIpc) is 3.27. The number of benzene rings is 1. The van der Waals surface area contributed by atoms with Gasteiger partial charge in [-0.25, -0.2) is 8.78 Å². The van der Waals surface area contributed by atoms with Gasteiger partial charge in [0.05, 0.1) is 12.7 Å². The van der Waals surface area contributed by atoms with E-state index in [0.29, 0.717) is 6.04 Å². The lowest BCUT2D eigenvalue weighted by atomic mass is 10.00. The smallest absolute Gasteiger partial charge is 0.210 e. The molecule has 1 fully saturated rings. The lowest BCUT2D eigenvalue weighted by Gasteiger charge is -2.37. The van der Waals surface area contributed by atoms with Gasteiger partial charge in [0.25, 0.3) is 0 Å². The van der Waals surface area contributed by atoms with Crippen LogP contribution in [0, 0.1) is 11.6 Å². The largest absolute Gasteiger partial charge is 0.375 e. The number of hydrogen-bond donors (Lipinski definition) is 1. The summed E-state index contributed by atoms with van der Waals surface area (Å²) >= 11 is 0. The van der Waals surface area contributed by atoms with Gasteiger partial charge in [0.15, 0.2) is 0 Å². The average molecular weight is 395 g/mol. The number of ether oxygens (including phenoxy) is 1. The third-order valence-electron chi connectivity index (χ3n) is 5.24. The molecule has 1 aromatic carbocycles. The highest BCUT2D eigenvalue weighted by molar-refractivity contribution is 5.52. The van der Waals surface area contributed by atoms with Crippen LogP contribution in [-0.2, 0) is 9.53 Å². The van der Waals surface area contributed by atoms with Crippen molar-refractivity contribution in [2.45, 2.75) is 45.4 Å². The van der Waals surface area contributed by atoms with Crippen LogP contribution in [0.25, 0.3) is 0 Å². The molecule has 4 rings (SSSR count). The van der Waals surface area contributed by atoms with Gasteiger partial charge in [-0.1, -0.05) is 13.8 Å². The summed E-state index contributed by atoms with van der Waals surface area (Å²) in [6, 6.07) is 4.90. The van der Waals surface area contributed by atoms with Gasteiger partial charge in [-0.3, -0.25) is 9.69 Å². The molecule has 0 spiro atoms. The lowest BCUT2D eigenvalue weighted by molar-refractivity contribution is -0.117. The standard InChI is InChI=1S/C13H21N3O2.C6H4F2.C2H6/c1-9-13(14)2-12(7-18-9)16-5-10-3-15(8-17)4-11(10)6-16;7-5-1-2-6(8)4-3-5;1-2/h8-9,12-13H,2-7,14H2,1H3;1-4H;1-2H3/t9-,12?,13?;;/m1../s1. The van der Waals surface area contributed by atoms with E-state index in [-0.39, 0.29) is 12.1 Å². The van der Waals surface area contributed by atoms with E-state index >= 15 is 0 Å². The molecule has 3 atom stereocenters. The fraction of sp³-hybridized carbons (Fsp3) is 0.571. The Bertz CT molecular complexity index is 627. The molecule has 3 aliphatic rings. The molecule has 5 nitrogen and oxygen atoms in total. The Morgan fingerprint density at radius 1 is 1.04 bits per heavy atom. The van der Waals surface area contributed by atoms with E-state index in [1.165, 1.54) is 11.1 Å². The van der Waals surface area contributed by atoms with E-state index in [9.17, 15) is 13.6 Å². The van der Waals surface area contributed by atoms with Crippen LogP contribution < -0.4 is 5.73 Å². The van der Waals surface area contributed by atoms with Crippen molar-refractivity contribution >= 4 is 6.41 Å². The predicted molar refractivity (Wildman–Crippen MR) is 106 cm³/mol. The molecule has 0 aromatic heterocycles. The van der Waals surface area contributed by atoms with Gasteiger partial charge in [0.2, 0.25) is 6.41 Å². The van der Waals surface area contributed by atoms with Crippen LogP contribution in [0.4, 0.5) is 8.78 Å². The molecular weight excluding hydrogens is 364 g/mol. The minimum absolute atomic E-state index is 0.144. The van der Waals surface area contributed by atoms with Gasteiger partial charge in [-0.2, -0.15) is 0 Å². The Labute approximate surface area is 166 Å². The first kappa shape index (κ1) is 22.5. The maximum atomic E-state index is 11.9. The normalized spacial score (nSPS) is 26.8. The number of carbonyl (C=O) groups excluding carboxylic acids is 1. The zero-order valence-electron chi connectivity index (χ0n) is 16.9. The number of nitrogens with zero attached hydrogens (tertiary/aromatic N) is 2. The van der Waals surface area contributed by atoms with Crippen molar-refractivity contribution in [1.29, 1.82) is 0 Å². The van der Waals surface area contributed by atoms with Crippen molar-refractivity contribution in [3.05, 3.63) is 47.0 Å². The summed E-state index contributed by atoms with van der Waals surface area (Å²) < 4.78 is 29.6. The topological polar surface area (TPSA) is 58.8 Å². The highest BCUT2D eigenvalue weighted by Gasteiger charge is 2.36. The summed E-state index contributed by atoms with van der Waals surface area (Å²) in [5, 5.41) is 0. The van der Waals surface area contributed by atoms with Gasteiger partial charge in [-0.15, -0.1) is 0 Å². The first-order valence-electron chi connectivity index (χ1n) is 9.87. The summed E-state index contributed by atoms with van der Waals surface area (Å²) in [4.78, 5) is 15.0. The molecule has 28 heavy (non-hydrogen) atoms. The third-order valence-corrected chi connectivity index (χ3v) is 5.24. The van der Waals surface area contributed by atoms with Crippen LogP contribution in [0.3, 0.4) is 0 Å². The Balaban J connectivity index is 0.000000236. The molecule has 0 radical (unpaired) electrons. The van der Waals surface area contributed by atoms with Crippen molar-refractivity contribution in [2.75, 3.05) is 32.8 Å². The Morgan fingerprint density at radius 2 is 1.54 bits per heavy atom. The number of rotatable bonds is 2. The van der Waals surface area contributed by atoms with Crippen molar-refractivity contribution in [3.8, 4) is 0 Å². The van der Waals surface area contributed by atoms with Crippen molar-refractivity contribution < 1.29 is 18.3 Å². The quantitative estimate of drug-likeness (QED) is 0.618. The lowest BCUT2D eigenvalue weighted by Crippen LogP contribution is -2.51. The van der Waals surface area contributed by atoms with Crippen molar-refractivity contribution in [3.63, 3.8) is 0 Å². The van der Waals surface area contributed by atoms with Crippen molar-refractivity contribution in [1.82, 2.24) is 9.80 Å². The van der Waals surface area contributed by atoms with E-state index < -0.39 is 11.6 Å². The number of nitrogens with two attached hydrogens (primary N) is 1. The van der Waals surface area contributed by atoms with Crippen LogP contribution in [0.1, 0.15) is 27.2 Å². The highest BCUT2D eigenvalue weighted by atomic mass is 19.1. The van der Waals surface area contributed by atoms with Crippen LogP contribution >= 0.6 is 0 Å². The van der Waals surface area contributed by atoms with Crippen molar-refractivity contribution in [2.24, 2.45) is 5.73 Å². The van der Waals surface area contributed by atoms with E-state index in [1.54, 1.807) is 0 Å². The third kappa shape index (κ3) is 5.83. The molecule has 2 N–H and O–H groups in total. The zero-order valence-corrected chi connectivity index (χ0v) is 16.9. The molecular formula is C21H31F2N3O2. The SMILES string of the molecule is CC.C[C@H]1OCC(N2CC3=C(CN(C=O)C3)C2)CC1N.Fc1ccc(F)cc1. The molecule has 3 heterocycles. The maximum absolute atomic E-state index is 11.9. The summed E-state index contributed by atoms with van der Waals surface area (Å²) in [5.74, 6) is -0.821.